The molecule has 0 radical (unpaired) electrons. The van der Waals surface area contributed by atoms with Crippen molar-refractivity contribution in [3.05, 3.63) is 28.6 Å². The fourth-order valence-electron chi connectivity index (χ4n) is 1.77. The van der Waals surface area contributed by atoms with Crippen LogP contribution in [0.1, 0.15) is 25.5 Å². The van der Waals surface area contributed by atoms with Crippen LogP contribution in [0.3, 0.4) is 0 Å². The highest BCUT2D eigenvalue weighted by Gasteiger charge is 2.15. The van der Waals surface area contributed by atoms with Gasteiger partial charge < -0.3 is 4.74 Å². The maximum absolute atomic E-state index is 12.4. The number of halogens is 3. The molecule has 0 bridgehead atoms. The van der Waals surface area contributed by atoms with Crippen LogP contribution in [0.4, 0.5) is 8.78 Å². The molecule has 0 aliphatic heterocycles. The van der Waals surface area contributed by atoms with Gasteiger partial charge in [-0.3, -0.25) is 0 Å². The van der Waals surface area contributed by atoms with Crippen molar-refractivity contribution in [2.75, 3.05) is 0 Å². The average Bonchev–Trinajstić information content (AvgIpc) is 2.26. The van der Waals surface area contributed by atoms with Gasteiger partial charge in [0.25, 0.3) is 0 Å². The van der Waals surface area contributed by atoms with E-state index in [0.29, 0.717) is 9.99 Å². The first-order valence-corrected chi connectivity index (χ1v) is 6.17. The van der Waals surface area contributed by atoms with Gasteiger partial charge in [0.2, 0.25) is 0 Å². The van der Waals surface area contributed by atoms with Gasteiger partial charge in [-0.25, -0.2) is 9.97 Å². The van der Waals surface area contributed by atoms with Crippen molar-refractivity contribution in [3.63, 3.8) is 0 Å². The van der Waals surface area contributed by atoms with Gasteiger partial charge in [-0.05, 0) is 18.1 Å². The normalized spacial score (nSPS) is 11.5. The van der Waals surface area contributed by atoms with E-state index < -0.39 is 6.61 Å². The molecule has 18 heavy (non-hydrogen) atoms. The first-order valence-electron chi connectivity index (χ1n) is 5.38. The van der Waals surface area contributed by atoms with E-state index in [9.17, 15) is 8.78 Å². The Morgan fingerprint density at radius 3 is 2.56 bits per heavy atom. The third-order valence-corrected chi connectivity index (χ3v) is 2.92. The van der Waals surface area contributed by atoms with Crippen molar-refractivity contribution in [3.8, 4) is 5.75 Å². The topological polar surface area (TPSA) is 35.0 Å². The quantitative estimate of drug-likeness (QED) is 0.854. The highest BCUT2D eigenvalue weighted by molar-refractivity contribution is 9.10. The molecule has 6 heteroatoms. The molecule has 0 aliphatic rings. The summed E-state index contributed by atoms with van der Waals surface area (Å²) in [5.74, 6) is 0.225. The number of fused-ring (bicyclic) bond motifs is 1. The van der Waals surface area contributed by atoms with Crippen LogP contribution in [0.15, 0.2) is 22.9 Å². The minimum Gasteiger partial charge on any atom is -0.432 e. The van der Waals surface area contributed by atoms with E-state index in [2.05, 4.69) is 30.6 Å². The lowest BCUT2D eigenvalue weighted by atomic mass is 10.0. The smallest absolute Gasteiger partial charge is 0.387 e. The number of nitrogens with zero attached hydrogens (tertiary/aromatic N) is 2. The zero-order valence-electron chi connectivity index (χ0n) is 9.82. The predicted octanol–water partition coefficient (Wildman–Crippen LogP) is 4.12. The van der Waals surface area contributed by atoms with Gasteiger partial charge in [-0.15, -0.1) is 0 Å². The minimum absolute atomic E-state index is 0.0543. The first-order chi connectivity index (χ1) is 8.49. The summed E-state index contributed by atoms with van der Waals surface area (Å²) >= 11 is 3.28. The van der Waals surface area contributed by atoms with Crippen LogP contribution in [-0.4, -0.2) is 16.6 Å². The van der Waals surface area contributed by atoms with Gasteiger partial charge in [0.15, 0.2) is 5.75 Å². The van der Waals surface area contributed by atoms with Crippen molar-refractivity contribution in [1.82, 2.24) is 9.97 Å². The average molecular weight is 317 g/mol. The molecule has 0 spiro atoms. The lowest BCUT2D eigenvalue weighted by molar-refractivity contribution is -0.0489. The standard InChI is InChI=1S/C12H11BrF2N2O/c1-6(2)10-8-3-7(13)4-9(18-12(14)15)11(8)17-5-16-10/h3-6,12H,1-2H3. The SMILES string of the molecule is CC(C)c1ncnc2c(OC(F)F)cc(Br)cc12. The van der Waals surface area contributed by atoms with Crippen molar-refractivity contribution in [2.24, 2.45) is 0 Å². The Hall–Kier alpha value is -1.30. The summed E-state index contributed by atoms with van der Waals surface area (Å²) in [6, 6.07) is 3.29. The predicted molar refractivity (Wildman–Crippen MR) is 68.0 cm³/mol. The zero-order valence-corrected chi connectivity index (χ0v) is 11.4. The van der Waals surface area contributed by atoms with Crippen LogP contribution < -0.4 is 4.74 Å². The molecule has 1 aromatic heterocycles. The molecule has 1 aromatic carbocycles. The molecule has 0 saturated heterocycles. The van der Waals surface area contributed by atoms with E-state index in [4.69, 9.17) is 0 Å². The van der Waals surface area contributed by atoms with Crippen molar-refractivity contribution in [1.29, 1.82) is 0 Å². The Bertz CT molecular complexity index is 575. The van der Waals surface area contributed by atoms with E-state index in [1.807, 2.05) is 19.9 Å². The molecule has 96 valence electrons. The van der Waals surface area contributed by atoms with Gasteiger partial charge >= 0.3 is 6.61 Å². The Morgan fingerprint density at radius 1 is 1.22 bits per heavy atom. The van der Waals surface area contributed by atoms with Crippen molar-refractivity contribution >= 4 is 26.8 Å². The van der Waals surface area contributed by atoms with Gasteiger partial charge in [0.1, 0.15) is 11.8 Å². The first kappa shape index (κ1) is 13.1. The van der Waals surface area contributed by atoms with Crippen LogP contribution in [0.2, 0.25) is 0 Å². The van der Waals surface area contributed by atoms with Gasteiger partial charge in [0, 0.05) is 9.86 Å². The van der Waals surface area contributed by atoms with Gasteiger partial charge in [-0.2, -0.15) is 8.78 Å². The second-order valence-electron chi connectivity index (χ2n) is 4.09. The molecule has 0 N–H and O–H groups in total. The van der Waals surface area contributed by atoms with Crippen LogP contribution >= 0.6 is 15.9 Å². The van der Waals surface area contributed by atoms with Crippen molar-refractivity contribution in [2.45, 2.75) is 26.4 Å². The van der Waals surface area contributed by atoms with E-state index in [1.165, 1.54) is 12.4 Å². The fraction of sp³-hybridized carbons (Fsp3) is 0.333. The number of rotatable bonds is 3. The number of hydrogen-bond donors (Lipinski definition) is 0. The Kier molecular flexibility index (Phi) is 3.75. The molecule has 0 amide bonds. The Labute approximate surface area is 111 Å². The number of hydrogen-bond acceptors (Lipinski definition) is 3. The number of aromatic nitrogens is 2. The van der Waals surface area contributed by atoms with Crippen LogP contribution in [0, 0.1) is 0 Å². The Balaban J connectivity index is 2.69. The van der Waals surface area contributed by atoms with Crippen LogP contribution in [-0.2, 0) is 0 Å². The van der Waals surface area contributed by atoms with Gasteiger partial charge in [0.05, 0.1) is 5.69 Å². The van der Waals surface area contributed by atoms with Crippen LogP contribution in [0.5, 0.6) is 5.75 Å². The molecule has 0 fully saturated rings. The summed E-state index contributed by atoms with van der Waals surface area (Å²) in [4.78, 5) is 8.22. The number of ether oxygens (including phenoxy) is 1. The summed E-state index contributed by atoms with van der Waals surface area (Å²) in [5.41, 5.74) is 1.21. The summed E-state index contributed by atoms with van der Waals surface area (Å²) in [6.07, 6.45) is 1.36. The minimum atomic E-state index is -2.88. The molecule has 2 rings (SSSR count). The number of alkyl halides is 2. The summed E-state index contributed by atoms with van der Waals surface area (Å²) in [5, 5.41) is 0.720. The second-order valence-corrected chi connectivity index (χ2v) is 5.01. The van der Waals surface area contributed by atoms with Crippen molar-refractivity contribution < 1.29 is 13.5 Å². The molecule has 0 aliphatic carbocycles. The zero-order chi connectivity index (χ0) is 13.3. The molecular weight excluding hydrogens is 306 g/mol. The lowest BCUT2D eigenvalue weighted by Gasteiger charge is -2.12. The maximum atomic E-state index is 12.4. The van der Waals surface area contributed by atoms with Gasteiger partial charge in [-0.1, -0.05) is 29.8 Å². The third-order valence-electron chi connectivity index (χ3n) is 2.46. The summed E-state index contributed by atoms with van der Waals surface area (Å²) in [7, 11) is 0. The van der Waals surface area contributed by atoms with E-state index in [1.54, 1.807) is 0 Å². The molecule has 3 nitrogen and oxygen atoms in total. The Morgan fingerprint density at radius 2 is 1.94 bits per heavy atom. The highest BCUT2D eigenvalue weighted by atomic mass is 79.9. The summed E-state index contributed by atoms with van der Waals surface area (Å²) < 4.78 is 29.9. The second kappa shape index (κ2) is 5.14. The molecule has 0 saturated carbocycles. The molecule has 0 unspecified atom stereocenters. The fourth-order valence-corrected chi connectivity index (χ4v) is 2.20. The molecule has 0 atom stereocenters. The van der Waals surface area contributed by atoms with E-state index in [-0.39, 0.29) is 11.7 Å². The lowest BCUT2D eigenvalue weighted by Crippen LogP contribution is -2.04. The van der Waals surface area contributed by atoms with E-state index >= 15 is 0 Å². The largest absolute Gasteiger partial charge is 0.432 e. The molecule has 1 heterocycles. The summed E-state index contributed by atoms with van der Waals surface area (Å²) in [6.45, 7) is 1.09. The molecular formula is C12H11BrF2N2O. The monoisotopic (exact) mass is 316 g/mol. The number of benzene rings is 1. The highest BCUT2D eigenvalue weighted by Crippen LogP contribution is 2.32. The van der Waals surface area contributed by atoms with E-state index in [0.717, 1.165) is 11.1 Å². The molecule has 2 aromatic rings. The third kappa shape index (κ3) is 2.58. The van der Waals surface area contributed by atoms with Crippen LogP contribution in [0.25, 0.3) is 10.9 Å². The maximum Gasteiger partial charge on any atom is 0.387 e.